The number of rotatable bonds is 4. The highest BCUT2D eigenvalue weighted by Crippen LogP contribution is 2.60. The van der Waals surface area contributed by atoms with Crippen LogP contribution in [0.5, 0.6) is 0 Å². The van der Waals surface area contributed by atoms with E-state index in [1.54, 1.807) is 0 Å². The Morgan fingerprint density at radius 1 is 1.18 bits per heavy atom. The molecule has 0 aromatic carbocycles. The van der Waals surface area contributed by atoms with Crippen molar-refractivity contribution in [3.63, 3.8) is 0 Å². The number of hydrogen-bond donors (Lipinski definition) is 1. The smallest absolute Gasteiger partial charge is 0.254 e. The van der Waals surface area contributed by atoms with Crippen LogP contribution in [0.2, 0.25) is 0 Å². The first-order chi connectivity index (χ1) is 8.05. The first-order valence-electron chi connectivity index (χ1n) is 7.16. The van der Waals surface area contributed by atoms with Crippen LogP contribution in [0.4, 0.5) is 8.78 Å². The quantitative estimate of drug-likeness (QED) is 0.793. The third-order valence-electron chi connectivity index (χ3n) is 4.71. The van der Waals surface area contributed by atoms with Gasteiger partial charge in [0.2, 0.25) is 0 Å². The van der Waals surface area contributed by atoms with Crippen molar-refractivity contribution in [1.82, 2.24) is 5.32 Å². The fourth-order valence-corrected chi connectivity index (χ4v) is 3.07. The summed E-state index contributed by atoms with van der Waals surface area (Å²) >= 11 is 0. The van der Waals surface area contributed by atoms with Gasteiger partial charge in [-0.25, -0.2) is 8.78 Å². The SMILES string of the molecule is CCC(C)CNC1CCCC2C(CC1)C2(F)F. The summed E-state index contributed by atoms with van der Waals surface area (Å²) in [7, 11) is 0. The van der Waals surface area contributed by atoms with E-state index in [4.69, 9.17) is 0 Å². The molecule has 0 saturated heterocycles. The summed E-state index contributed by atoms with van der Waals surface area (Å²) in [5.41, 5.74) is 0. The van der Waals surface area contributed by atoms with Crippen molar-refractivity contribution in [3.8, 4) is 0 Å². The number of halogens is 2. The third kappa shape index (κ3) is 2.98. The van der Waals surface area contributed by atoms with Crippen molar-refractivity contribution in [2.75, 3.05) is 6.54 Å². The molecule has 0 bridgehead atoms. The zero-order chi connectivity index (χ0) is 12.5. The average molecular weight is 245 g/mol. The van der Waals surface area contributed by atoms with E-state index in [-0.39, 0.29) is 11.8 Å². The van der Waals surface area contributed by atoms with E-state index in [0.29, 0.717) is 12.0 Å². The minimum Gasteiger partial charge on any atom is -0.314 e. The van der Waals surface area contributed by atoms with Crippen LogP contribution < -0.4 is 5.32 Å². The molecule has 0 aromatic heterocycles. The first-order valence-corrected chi connectivity index (χ1v) is 7.16. The second-order valence-corrected chi connectivity index (χ2v) is 6.01. The van der Waals surface area contributed by atoms with Crippen LogP contribution in [0.25, 0.3) is 0 Å². The molecule has 2 aliphatic carbocycles. The molecule has 2 rings (SSSR count). The molecule has 2 fully saturated rings. The van der Waals surface area contributed by atoms with Gasteiger partial charge in [-0.05, 0) is 38.1 Å². The molecule has 2 aliphatic rings. The Hall–Kier alpha value is -0.180. The molecule has 17 heavy (non-hydrogen) atoms. The fourth-order valence-electron chi connectivity index (χ4n) is 3.07. The van der Waals surface area contributed by atoms with E-state index in [9.17, 15) is 8.78 Å². The topological polar surface area (TPSA) is 12.0 Å². The minimum atomic E-state index is -2.33. The third-order valence-corrected chi connectivity index (χ3v) is 4.71. The molecule has 0 amide bonds. The molecule has 0 aliphatic heterocycles. The van der Waals surface area contributed by atoms with Crippen molar-refractivity contribution in [1.29, 1.82) is 0 Å². The van der Waals surface area contributed by atoms with Gasteiger partial charge >= 0.3 is 0 Å². The zero-order valence-corrected chi connectivity index (χ0v) is 11.0. The molecule has 0 radical (unpaired) electrons. The van der Waals surface area contributed by atoms with Gasteiger partial charge in [0.05, 0.1) is 0 Å². The summed E-state index contributed by atoms with van der Waals surface area (Å²) in [5, 5.41) is 3.56. The molecule has 2 saturated carbocycles. The van der Waals surface area contributed by atoms with E-state index < -0.39 is 5.92 Å². The standard InChI is InChI=1S/C14H25F2N/c1-3-10(2)9-17-11-5-4-6-12-13(8-7-11)14(12,15)16/h10-13,17H,3-9H2,1-2H3. The van der Waals surface area contributed by atoms with Gasteiger partial charge in [-0.2, -0.15) is 0 Å². The van der Waals surface area contributed by atoms with Crippen LogP contribution >= 0.6 is 0 Å². The fraction of sp³-hybridized carbons (Fsp3) is 1.00. The van der Waals surface area contributed by atoms with Crippen LogP contribution in [0.15, 0.2) is 0 Å². The van der Waals surface area contributed by atoms with Gasteiger partial charge < -0.3 is 5.32 Å². The van der Waals surface area contributed by atoms with Crippen LogP contribution in [-0.4, -0.2) is 18.5 Å². The zero-order valence-electron chi connectivity index (χ0n) is 11.0. The van der Waals surface area contributed by atoms with E-state index >= 15 is 0 Å². The summed E-state index contributed by atoms with van der Waals surface area (Å²) in [6, 6.07) is 0.473. The maximum Gasteiger partial charge on any atom is 0.254 e. The molecular formula is C14H25F2N. The normalized spacial score (nSPS) is 37.8. The van der Waals surface area contributed by atoms with Gasteiger partial charge in [0.25, 0.3) is 5.92 Å². The van der Waals surface area contributed by atoms with Gasteiger partial charge in [0, 0.05) is 17.9 Å². The molecule has 0 aromatic rings. The van der Waals surface area contributed by atoms with Crippen molar-refractivity contribution >= 4 is 0 Å². The van der Waals surface area contributed by atoms with Crippen molar-refractivity contribution in [2.45, 2.75) is 64.3 Å². The maximum absolute atomic E-state index is 13.3. The average Bonchev–Trinajstić information content (AvgIpc) is 2.76. The van der Waals surface area contributed by atoms with Gasteiger partial charge in [0.1, 0.15) is 0 Å². The van der Waals surface area contributed by atoms with E-state index in [1.807, 2.05) is 0 Å². The Kier molecular flexibility index (Phi) is 4.06. The second-order valence-electron chi connectivity index (χ2n) is 6.01. The molecule has 4 unspecified atom stereocenters. The Labute approximate surface area is 103 Å². The minimum absolute atomic E-state index is 0.280. The molecule has 1 nitrogen and oxygen atoms in total. The number of hydrogen-bond acceptors (Lipinski definition) is 1. The lowest BCUT2D eigenvalue weighted by Gasteiger charge is -2.22. The summed E-state index contributed by atoms with van der Waals surface area (Å²) in [4.78, 5) is 0. The Balaban J connectivity index is 1.75. The molecular weight excluding hydrogens is 220 g/mol. The lowest BCUT2D eigenvalue weighted by atomic mass is 9.96. The number of nitrogens with one attached hydrogen (secondary N) is 1. The lowest BCUT2D eigenvalue weighted by molar-refractivity contribution is 0.0817. The van der Waals surface area contributed by atoms with Crippen LogP contribution in [-0.2, 0) is 0 Å². The Morgan fingerprint density at radius 3 is 2.59 bits per heavy atom. The second kappa shape index (κ2) is 5.21. The van der Waals surface area contributed by atoms with Gasteiger partial charge in [-0.15, -0.1) is 0 Å². The van der Waals surface area contributed by atoms with Crippen molar-refractivity contribution in [2.24, 2.45) is 17.8 Å². The molecule has 0 spiro atoms. The Bertz CT molecular complexity index is 255. The van der Waals surface area contributed by atoms with E-state index in [1.165, 1.54) is 6.42 Å². The summed E-state index contributed by atoms with van der Waals surface area (Å²) in [6.07, 6.45) is 5.62. The molecule has 3 heteroatoms. The highest BCUT2D eigenvalue weighted by molar-refractivity contribution is 5.05. The maximum atomic E-state index is 13.3. The highest BCUT2D eigenvalue weighted by atomic mass is 19.3. The van der Waals surface area contributed by atoms with Gasteiger partial charge in [-0.3, -0.25) is 0 Å². The molecule has 4 atom stereocenters. The van der Waals surface area contributed by atoms with Crippen LogP contribution in [0.3, 0.4) is 0 Å². The van der Waals surface area contributed by atoms with Crippen molar-refractivity contribution in [3.05, 3.63) is 0 Å². The largest absolute Gasteiger partial charge is 0.314 e. The van der Waals surface area contributed by atoms with E-state index in [2.05, 4.69) is 19.2 Å². The first kappa shape index (κ1) is 13.3. The summed E-state index contributed by atoms with van der Waals surface area (Å²) in [5.74, 6) is -2.21. The van der Waals surface area contributed by atoms with Crippen LogP contribution in [0, 0.1) is 17.8 Å². The Morgan fingerprint density at radius 2 is 1.88 bits per heavy atom. The highest BCUT2D eigenvalue weighted by Gasteiger charge is 2.66. The molecule has 1 N–H and O–H groups in total. The number of alkyl halides is 2. The van der Waals surface area contributed by atoms with Crippen molar-refractivity contribution < 1.29 is 8.78 Å². The lowest BCUT2D eigenvalue weighted by Crippen LogP contribution is -2.33. The monoisotopic (exact) mass is 245 g/mol. The van der Waals surface area contributed by atoms with E-state index in [0.717, 1.165) is 38.6 Å². The van der Waals surface area contributed by atoms with Gasteiger partial charge in [-0.1, -0.05) is 26.7 Å². The summed E-state index contributed by atoms with van der Waals surface area (Å²) in [6.45, 7) is 5.46. The predicted octanol–water partition coefficient (Wildman–Crippen LogP) is 3.84. The number of fused-ring (bicyclic) bond motifs is 1. The van der Waals surface area contributed by atoms with Crippen LogP contribution in [0.1, 0.15) is 52.4 Å². The molecule has 100 valence electrons. The van der Waals surface area contributed by atoms with Gasteiger partial charge in [0.15, 0.2) is 0 Å². The predicted molar refractivity (Wildman–Crippen MR) is 66.3 cm³/mol. The summed E-state index contributed by atoms with van der Waals surface area (Å²) < 4.78 is 26.7. The molecule has 0 heterocycles.